The van der Waals surface area contributed by atoms with E-state index in [9.17, 15) is 8.42 Å². The van der Waals surface area contributed by atoms with Gasteiger partial charge in [-0.1, -0.05) is 0 Å². The molecule has 2 aromatic rings. The first kappa shape index (κ1) is 19.0. The first-order valence-corrected chi connectivity index (χ1v) is 10.8. The molecule has 1 fully saturated rings. The van der Waals surface area contributed by atoms with Gasteiger partial charge in [0.05, 0.1) is 10.4 Å². The maximum Gasteiger partial charge on any atom is 0.175 e. The highest BCUT2D eigenvalue weighted by molar-refractivity contribution is 7.90. The summed E-state index contributed by atoms with van der Waals surface area (Å²) in [5.41, 5.74) is 0.748. The molecule has 0 atom stereocenters. The maximum absolute atomic E-state index is 11.9. The number of anilines is 1. The lowest BCUT2D eigenvalue weighted by Crippen LogP contribution is -2.41. The fourth-order valence-corrected chi connectivity index (χ4v) is 3.86. The van der Waals surface area contributed by atoms with E-state index in [1.807, 2.05) is 0 Å². The predicted molar refractivity (Wildman–Crippen MR) is 104 cm³/mol. The molecule has 1 aromatic carbocycles. The number of hydrogen-bond acceptors (Lipinski definition) is 7. The Balaban J connectivity index is 1.71. The van der Waals surface area contributed by atoms with E-state index in [4.69, 9.17) is 0 Å². The summed E-state index contributed by atoms with van der Waals surface area (Å²) in [5, 5.41) is 4.26. The third-order valence-electron chi connectivity index (χ3n) is 4.83. The third kappa shape index (κ3) is 4.69. The van der Waals surface area contributed by atoms with Gasteiger partial charge >= 0.3 is 0 Å². The Bertz CT molecular complexity index is 861. The average molecular weight is 378 g/mol. The molecule has 0 radical (unpaired) electrons. The van der Waals surface area contributed by atoms with Crippen molar-refractivity contribution in [2.24, 2.45) is 0 Å². The minimum absolute atomic E-state index is 0.293. The number of likely N-dealkylation sites (N-methyl/N-ethyl adjacent to an activating group) is 1. The van der Waals surface area contributed by atoms with Crippen molar-refractivity contribution in [2.45, 2.75) is 23.8 Å². The molecular weight excluding hydrogens is 350 g/mol. The number of benzene rings is 1. The van der Waals surface area contributed by atoms with Crippen LogP contribution in [0.1, 0.15) is 12.8 Å². The number of nitrogens with one attached hydrogen (secondary N) is 1. The Morgan fingerprint density at radius 2 is 1.96 bits per heavy atom. The quantitative estimate of drug-likeness (QED) is 0.817. The maximum atomic E-state index is 11.9. The van der Waals surface area contributed by atoms with Crippen molar-refractivity contribution in [1.82, 2.24) is 19.8 Å². The molecule has 0 spiro atoms. The molecule has 0 bridgehead atoms. The molecule has 0 amide bonds. The summed E-state index contributed by atoms with van der Waals surface area (Å²) in [4.78, 5) is 13.6. The van der Waals surface area contributed by atoms with Crippen LogP contribution in [0, 0.1) is 0 Å². The van der Waals surface area contributed by atoms with Gasteiger partial charge in [0.1, 0.15) is 12.1 Å². The molecule has 1 aliphatic rings. The van der Waals surface area contributed by atoms with E-state index in [2.05, 4.69) is 39.2 Å². The van der Waals surface area contributed by atoms with E-state index in [1.165, 1.54) is 12.6 Å². The van der Waals surface area contributed by atoms with E-state index in [1.54, 1.807) is 18.2 Å². The summed E-state index contributed by atoms with van der Waals surface area (Å²) >= 11 is 0. The van der Waals surface area contributed by atoms with Crippen LogP contribution in [0.5, 0.6) is 0 Å². The highest BCUT2D eigenvalue weighted by Crippen LogP contribution is 2.25. The molecule has 142 valence electrons. The van der Waals surface area contributed by atoms with Gasteiger partial charge in [0.25, 0.3) is 0 Å². The Kier molecular flexibility index (Phi) is 5.74. The predicted octanol–water partition coefficient (Wildman–Crippen LogP) is 1.47. The lowest BCUT2D eigenvalue weighted by Gasteiger charge is -2.33. The van der Waals surface area contributed by atoms with Crippen LogP contribution in [-0.2, 0) is 9.84 Å². The minimum atomic E-state index is -3.26. The summed E-state index contributed by atoms with van der Waals surface area (Å²) in [6.45, 7) is 4.28. The fourth-order valence-electron chi connectivity index (χ4n) is 3.22. The van der Waals surface area contributed by atoms with Gasteiger partial charge in [0, 0.05) is 43.9 Å². The Morgan fingerprint density at radius 1 is 1.23 bits per heavy atom. The van der Waals surface area contributed by atoms with Crippen LogP contribution in [0.15, 0.2) is 29.4 Å². The van der Waals surface area contributed by atoms with Crippen molar-refractivity contribution in [1.29, 1.82) is 0 Å². The summed E-state index contributed by atoms with van der Waals surface area (Å²) < 4.78 is 23.7. The lowest BCUT2D eigenvalue weighted by molar-refractivity contribution is 0.199. The van der Waals surface area contributed by atoms with Gasteiger partial charge in [-0.15, -0.1) is 0 Å². The molecule has 0 aliphatic carbocycles. The van der Waals surface area contributed by atoms with Gasteiger partial charge in [0.15, 0.2) is 9.84 Å². The Labute approximate surface area is 155 Å². The number of sulfone groups is 1. The van der Waals surface area contributed by atoms with Crippen LogP contribution < -0.4 is 5.32 Å². The van der Waals surface area contributed by atoms with Crippen molar-refractivity contribution in [3.8, 4) is 0 Å². The number of aromatic nitrogens is 2. The van der Waals surface area contributed by atoms with Gasteiger partial charge in [-0.3, -0.25) is 0 Å². The second kappa shape index (κ2) is 7.85. The van der Waals surface area contributed by atoms with E-state index < -0.39 is 9.84 Å². The van der Waals surface area contributed by atoms with E-state index in [-0.39, 0.29) is 0 Å². The van der Waals surface area contributed by atoms with Gasteiger partial charge in [0.2, 0.25) is 0 Å². The van der Waals surface area contributed by atoms with Crippen LogP contribution in [0.3, 0.4) is 0 Å². The smallest absolute Gasteiger partial charge is 0.175 e. The molecule has 1 aromatic heterocycles. The summed E-state index contributed by atoms with van der Waals surface area (Å²) in [6.07, 6.45) is 4.83. The molecule has 0 unspecified atom stereocenters. The largest absolute Gasteiger partial charge is 0.367 e. The highest BCUT2D eigenvalue weighted by Gasteiger charge is 2.20. The van der Waals surface area contributed by atoms with Crippen LogP contribution in [-0.4, -0.2) is 80.8 Å². The topological polar surface area (TPSA) is 78.4 Å². The van der Waals surface area contributed by atoms with Crippen molar-refractivity contribution >= 4 is 26.6 Å². The van der Waals surface area contributed by atoms with Gasteiger partial charge < -0.3 is 15.1 Å². The van der Waals surface area contributed by atoms with Crippen molar-refractivity contribution in [3.63, 3.8) is 0 Å². The zero-order valence-electron chi connectivity index (χ0n) is 15.6. The second-order valence-electron chi connectivity index (χ2n) is 7.24. The van der Waals surface area contributed by atoms with Crippen LogP contribution in [0.25, 0.3) is 10.9 Å². The molecule has 2 heterocycles. The summed E-state index contributed by atoms with van der Waals surface area (Å²) in [7, 11) is 0.934. The SMILES string of the molecule is CN(C)CCN1CCC(Nc2ncnc3ccc(S(C)(=O)=O)cc23)CC1. The number of hydrogen-bond donors (Lipinski definition) is 1. The van der Waals surface area contributed by atoms with Crippen LogP contribution in [0.2, 0.25) is 0 Å². The molecule has 1 N–H and O–H groups in total. The van der Waals surface area contributed by atoms with Gasteiger partial charge in [-0.05, 0) is 45.1 Å². The van der Waals surface area contributed by atoms with Crippen LogP contribution in [0.4, 0.5) is 5.82 Å². The zero-order valence-corrected chi connectivity index (χ0v) is 16.5. The number of rotatable bonds is 6. The van der Waals surface area contributed by atoms with E-state index >= 15 is 0 Å². The molecule has 8 heteroatoms. The highest BCUT2D eigenvalue weighted by atomic mass is 32.2. The lowest BCUT2D eigenvalue weighted by atomic mass is 10.0. The second-order valence-corrected chi connectivity index (χ2v) is 9.25. The fraction of sp³-hybridized carbons (Fsp3) is 0.556. The number of likely N-dealkylation sites (tertiary alicyclic amines) is 1. The Hall–Kier alpha value is -1.77. The first-order chi connectivity index (χ1) is 12.3. The summed E-state index contributed by atoms with van der Waals surface area (Å²) in [5.74, 6) is 0.715. The van der Waals surface area contributed by atoms with Crippen molar-refractivity contribution < 1.29 is 8.42 Å². The van der Waals surface area contributed by atoms with Gasteiger partial charge in [-0.2, -0.15) is 0 Å². The Morgan fingerprint density at radius 3 is 2.62 bits per heavy atom. The minimum Gasteiger partial charge on any atom is -0.367 e. The number of fused-ring (bicyclic) bond motifs is 1. The molecule has 1 aliphatic heterocycles. The van der Waals surface area contributed by atoms with Crippen LogP contribution >= 0.6 is 0 Å². The van der Waals surface area contributed by atoms with Gasteiger partial charge in [-0.25, -0.2) is 18.4 Å². The van der Waals surface area contributed by atoms with E-state index in [0.717, 1.165) is 49.9 Å². The molecule has 0 saturated carbocycles. The molecule has 3 rings (SSSR count). The molecule has 7 nitrogen and oxygen atoms in total. The standard InChI is InChI=1S/C18H27N5O2S/c1-22(2)10-11-23-8-6-14(7-9-23)21-18-16-12-15(26(3,24)25)4-5-17(16)19-13-20-18/h4-5,12-14H,6-11H2,1-3H3,(H,19,20,21). The van der Waals surface area contributed by atoms with Crippen molar-refractivity contribution in [3.05, 3.63) is 24.5 Å². The third-order valence-corrected chi connectivity index (χ3v) is 5.94. The summed E-state index contributed by atoms with van der Waals surface area (Å²) in [6, 6.07) is 5.34. The monoisotopic (exact) mass is 377 g/mol. The molecule has 26 heavy (non-hydrogen) atoms. The number of piperidine rings is 1. The zero-order chi connectivity index (χ0) is 18.7. The average Bonchev–Trinajstić information content (AvgIpc) is 2.60. The normalized spacial score (nSPS) is 17.1. The number of nitrogens with zero attached hydrogens (tertiary/aromatic N) is 4. The molecular formula is C18H27N5O2S. The van der Waals surface area contributed by atoms with Crippen molar-refractivity contribution in [2.75, 3.05) is 51.8 Å². The molecule has 1 saturated heterocycles. The van der Waals surface area contributed by atoms with E-state index in [0.29, 0.717) is 16.8 Å². The first-order valence-electron chi connectivity index (χ1n) is 8.91.